The molecule has 4 aromatic heterocycles. The standard InChI is InChI=1S/C28H19F2N5O5S/c29-18-9-20-17(27(37)33-12-32-20)8-13(18)11-35-21-10-19(30)15-5-7-40-25(15)23(21)22(16-2-1-6-31-26(16)36)24(35)28(38)34-41(39)14-3-4-14/h1-2,5-10,12,14H,3-4,11H2,(H,31,36)(H,34,38)(H,32,33,37). The SMILES string of the molecule is O=C(N[S+]([O-])C1CC1)c1c(-c2ccc[nH]c2=O)c2c3occc3c(F)cc2n1Cc1cc2c(=O)[nH]cnc2cc1F. The summed E-state index contributed by atoms with van der Waals surface area (Å²) in [6.45, 7) is -0.345. The summed E-state index contributed by atoms with van der Waals surface area (Å²) in [5.41, 5.74) is -0.666. The van der Waals surface area contributed by atoms with Gasteiger partial charge in [-0.3, -0.25) is 14.4 Å². The third-order valence-corrected chi connectivity index (χ3v) is 8.64. The van der Waals surface area contributed by atoms with Crippen LogP contribution in [0.25, 0.3) is 43.9 Å². The second-order valence-corrected chi connectivity index (χ2v) is 11.2. The highest BCUT2D eigenvalue weighted by molar-refractivity contribution is 7.91. The van der Waals surface area contributed by atoms with Gasteiger partial charge in [-0.2, -0.15) is 4.72 Å². The molecule has 4 heterocycles. The number of nitrogens with zero attached hydrogens (tertiary/aromatic N) is 2. The number of rotatable bonds is 6. The highest BCUT2D eigenvalue weighted by atomic mass is 32.2. The monoisotopic (exact) mass is 575 g/mol. The summed E-state index contributed by atoms with van der Waals surface area (Å²) in [6, 6.07) is 8.06. The molecule has 1 aliphatic carbocycles. The summed E-state index contributed by atoms with van der Waals surface area (Å²) in [6.07, 6.45) is 5.24. The van der Waals surface area contributed by atoms with Gasteiger partial charge in [0, 0.05) is 36.2 Å². The number of nitrogens with one attached hydrogen (secondary N) is 3. The molecule has 2 aromatic carbocycles. The molecule has 41 heavy (non-hydrogen) atoms. The molecule has 1 atom stereocenters. The molecule has 1 amide bonds. The molecular formula is C28H19F2N5O5S. The third-order valence-electron chi connectivity index (χ3n) is 7.18. The molecule has 0 spiro atoms. The van der Waals surface area contributed by atoms with Crippen LogP contribution < -0.4 is 15.8 Å². The first-order valence-corrected chi connectivity index (χ1v) is 13.8. The maximum atomic E-state index is 15.4. The molecule has 3 N–H and O–H groups in total. The van der Waals surface area contributed by atoms with E-state index in [9.17, 15) is 18.9 Å². The number of halogens is 2. The van der Waals surface area contributed by atoms with Crippen molar-refractivity contribution in [3.05, 3.63) is 98.8 Å². The van der Waals surface area contributed by atoms with Crippen LogP contribution in [0.4, 0.5) is 8.78 Å². The normalized spacial score (nSPS) is 14.2. The van der Waals surface area contributed by atoms with E-state index in [-0.39, 0.29) is 67.0 Å². The van der Waals surface area contributed by atoms with Gasteiger partial charge in [-0.25, -0.2) is 13.8 Å². The Hall–Kier alpha value is -4.75. The smallest absolute Gasteiger partial charge is 0.309 e. The van der Waals surface area contributed by atoms with E-state index in [2.05, 4.69) is 19.7 Å². The van der Waals surface area contributed by atoms with Crippen molar-refractivity contribution in [2.75, 3.05) is 0 Å². The average Bonchev–Trinajstić information content (AvgIpc) is 3.60. The molecule has 1 fully saturated rings. The molecule has 0 aliphatic heterocycles. The lowest BCUT2D eigenvalue weighted by Crippen LogP contribution is -2.35. The van der Waals surface area contributed by atoms with E-state index in [1.807, 2.05) is 0 Å². The van der Waals surface area contributed by atoms with Crippen molar-refractivity contribution in [2.24, 2.45) is 0 Å². The number of furan rings is 1. The fraction of sp³-hybridized carbons (Fsp3) is 0.143. The molecule has 1 unspecified atom stereocenters. The Labute approximate surface area is 231 Å². The van der Waals surface area contributed by atoms with Crippen molar-refractivity contribution >= 4 is 50.0 Å². The first-order chi connectivity index (χ1) is 19.8. The molecule has 10 nitrogen and oxygen atoms in total. The number of fused-ring (bicyclic) bond motifs is 4. The van der Waals surface area contributed by atoms with E-state index in [1.54, 1.807) is 6.07 Å². The van der Waals surface area contributed by atoms with Gasteiger partial charge >= 0.3 is 5.91 Å². The lowest BCUT2D eigenvalue weighted by atomic mass is 10.0. The zero-order valence-electron chi connectivity index (χ0n) is 21.0. The number of benzene rings is 2. The van der Waals surface area contributed by atoms with Gasteiger partial charge in [0.15, 0.2) is 0 Å². The van der Waals surface area contributed by atoms with Crippen molar-refractivity contribution in [1.29, 1.82) is 0 Å². The first-order valence-electron chi connectivity index (χ1n) is 12.6. The summed E-state index contributed by atoms with van der Waals surface area (Å²) < 4.78 is 53.0. The van der Waals surface area contributed by atoms with Gasteiger partial charge in [-0.1, -0.05) is 0 Å². The fourth-order valence-corrected chi connectivity index (χ4v) is 6.13. The average molecular weight is 576 g/mol. The summed E-state index contributed by atoms with van der Waals surface area (Å²) in [7, 11) is 0. The number of amides is 1. The number of carbonyl (C=O) groups excluding carboxylic acids is 1. The predicted molar refractivity (Wildman–Crippen MR) is 148 cm³/mol. The molecule has 1 saturated carbocycles. The molecule has 1 aliphatic rings. The Balaban J connectivity index is 1.56. The van der Waals surface area contributed by atoms with E-state index in [4.69, 9.17) is 4.42 Å². The first kappa shape index (κ1) is 25.2. The van der Waals surface area contributed by atoms with Crippen LogP contribution in [0.15, 0.2) is 69.2 Å². The van der Waals surface area contributed by atoms with E-state index in [0.717, 1.165) is 12.4 Å². The van der Waals surface area contributed by atoms with Crippen molar-refractivity contribution in [1.82, 2.24) is 24.2 Å². The number of aromatic amines is 2. The predicted octanol–water partition coefficient (Wildman–Crippen LogP) is 3.86. The number of hydrogen-bond donors (Lipinski definition) is 3. The molecule has 0 radical (unpaired) electrons. The number of aromatic nitrogens is 4. The Morgan fingerprint density at radius 3 is 2.73 bits per heavy atom. The van der Waals surface area contributed by atoms with Crippen LogP contribution in [0.1, 0.15) is 28.9 Å². The Bertz CT molecular complexity index is 2150. The van der Waals surface area contributed by atoms with Gasteiger partial charge in [0.25, 0.3) is 11.1 Å². The summed E-state index contributed by atoms with van der Waals surface area (Å²) in [4.78, 5) is 48.4. The molecule has 206 valence electrons. The minimum absolute atomic E-state index is 0.00117. The largest absolute Gasteiger partial charge is 0.593 e. The van der Waals surface area contributed by atoms with Gasteiger partial charge in [-0.05, 0) is 30.3 Å². The van der Waals surface area contributed by atoms with E-state index in [1.165, 1.54) is 41.3 Å². The van der Waals surface area contributed by atoms with Crippen LogP contribution in [0.2, 0.25) is 0 Å². The lowest BCUT2D eigenvalue weighted by molar-refractivity contribution is 0.0973. The maximum Gasteiger partial charge on any atom is 0.309 e. The Kier molecular flexibility index (Phi) is 5.80. The van der Waals surface area contributed by atoms with Crippen LogP contribution in [0.5, 0.6) is 0 Å². The fourth-order valence-electron chi connectivity index (χ4n) is 5.12. The van der Waals surface area contributed by atoms with Gasteiger partial charge in [-0.15, -0.1) is 0 Å². The maximum absolute atomic E-state index is 15.4. The van der Waals surface area contributed by atoms with Gasteiger partial charge in [0.1, 0.15) is 28.2 Å². The molecule has 6 aromatic rings. The minimum Gasteiger partial charge on any atom is -0.593 e. The van der Waals surface area contributed by atoms with Crippen LogP contribution in [0.3, 0.4) is 0 Å². The summed E-state index contributed by atoms with van der Waals surface area (Å²) in [5, 5.41) is 0.268. The second kappa shape index (κ2) is 9.42. The number of hydrogen-bond acceptors (Lipinski definition) is 6. The third kappa shape index (κ3) is 4.12. The van der Waals surface area contributed by atoms with Crippen LogP contribution in [-0.2, 0) is 17.9 Å². The van der Waals surface area contributed by atoms with E-state index >= 15 is 8.78 Å². The van der Waals surface area contributed by atoms with Gasteiger partial charge in [0.2, 0.25) is 0 Å². The molecule has 7 rings (SSSR count). The molecule has 0 saturated heterocycles. The minimum atomic E-state index is -1.71. The summed E-state index contributed by atoms with van der Waals surface area (Å²) in [5.74, 6) is -2.18. The number of H-pyrrole nitrogens is 2. The second-order valence-electron chi connectivity index (χ2n) is 9.76. The van der Waals surface area contributed by atoms with E-state index in [0.29, 0.717) is 12.8 Å². The number of pyridine rings is 1. The van der Waals surface area contributed by atoms with Crippen LogP contribution in [0, 0.1) is 11.6 Å². The molecule has 0 bridgehead atoms. The van der Waals surface area contributed by atoms with Crippen molar-refractivity contribution in [3.63, 3.8) is 0 Å². The summed E-state index contributed by atoms with van der Waals surface area (Å²) >= 11 is -1.71. The highest BCUT2D eigenvalue weighted by Gasteiger charge is 2.38. The zero-order valence-corrected chi connectivity index (χ0v) is 21.8. The Morgan fingerprint density at radius 2 is 1.95 bits per heavy atom. The zero-order chi connectivity index (χ0) is 28.4. The topological polar surface area (TPSA) is 149 Å². The molecular weight excluding hydrogens is 556 g/mol. The van der Waals surface area contributed by atoms with Gasteiger partial charge in [0.05, 0.1) is 63.3 Å². The lowest BCUT2D eigenvalue weighted by Gasteiger charge is -2.15. The van der Waals surface area contributed by atoms with Crippen molar-refractivity contribution in [3.8, 4) is 11.1 Å². The van der Waals surface area contributed by atoms with Gasteiger partial charge < -0.3 is 23.5 Å². The highest BCUT2D eigenvalue weighted by Crippen LogP contribution is 2.41. The Morgan fingerprint density at radius 1 is 1.12 bits per heavy atom. The molecule has 13 heteroatoms. The number of carbonyl (C=O) groups is 1. The van der Waals surface area contributed by atoms with Crippen LogP contribution in [-0.4, -0.2) is 35.2 Å². The van der Waals surface area contributed by atoms with E-state index < -0.39 is 40.0 Å². The van der Waals surface area contributed by atoms with Crippen molar-refractivity contribution < 1.29 is 22.5 Å². The van der Waals surface area contributed by atoms with Crippen molar-refractivity contribution in [2.45, 2.75) is 24.6 Å². The quantitative estimate of drug-likeness (QED) is 0.257. The van der Waals surface area contributed by atoms with Crippen LogP contribution >= 0.6 is 0 Å².